The number of thiophene rings is 1. The number of carbonyl (C=O) groups excluding carboxylic acids is 1. The maximum absolute atomic E-state index is 13.5. The molecule has 26 heavy (non-hydrogen) atoms. The lowest BCUT2D eigenvalue weighted by atomic mass is 9.68. The molecule has 1 amide bonds. The van der Waals surface area contributed by atoms with E-state index < -0.39 is 22.4 Å². The second kappa shape index (κ2) is 6.97. The van der Waals surface area contributed by atoms with E-state index in [1.54, 1.807) is 25.2 Å². The van der Waals surface area contributed by atoms with Crippen LogP contribution in [0.5, 0.6) is 0 Å². The largest absolute Gasteiger partial charge is 0.481 e. The number of aliphatic hydroxyl groups is 1. The number of amides is 1. The molecule has 0 atom stereocenters. The minimum atomic E-state index is -1.28. The number of aliphatic carboxylic acids is 1. The number of hydrogen-bond acceptors (Lipinski definition) is 4. The zero-order valence-corrected chi connectivity index (χ0v) is 16.5. The van der Waals surface area contributed by atoms with Gasteiger partial charge in [-0.25, -0.2) is 0 Å². The van der Waals surface area contributed by atoms with Gasteiger partial charge >= 0.3 is 5.97 Å². The van der Waals surface area contributed by atoms with Crippen LogP contribution in [0, 0.1) is 5.41 Å². The molecule has 5 nitrogen and oxygen atoms in total. The lowest BCUT2D eigenvalue weighted by Gasteiger charge is -2.47. The van der Waals surface area contributed by atoms with Crippen LogP contribution in [0.2, 0.25) is 0 Å². The van der Waals surface area contributed by atoms with Crippen LogP contribution in [-0.2, 0) is 15.0 Å². The molecule has 1 aliphatic heterocycles. The van der Waals surface area contributed by atoms with Crippen molar-refractivity contribution in [3.05, 3.63) is 22.4 Å². The first-order valence-corrected chi connectivity index (χ1v) is 10.4. The highest BCUT2D eigenvalue weighted by Crippen LogP contribution is 2.45. The van der Waals surface area contributed by atoms with E-state index in [0.717, 1.165) is 30.6 Å². The van der Waals surface area contributed by atoms with Crippen molar-refractivity contribution in [2.24, 2.45) is 5.41 Å². The Balaban J connectivity index is 1.78. The number of piperidine rings is 1. The van der Waals surface area contributed by atoms with Crippen molar-refractivity contribution in [1.82, 2.24) is 4.90 Å². The number of hydrogen-bond donors (Lipinski definition) is 2. The molecule has 0 radical (unpaired) electrons. The predicted molar refractivity (Wildman–Crippen MR) is 101 cm³/mol. The first-order chi connectivity index (χ1) is 12.2. The monoisotopic (exact) mass is 379 g/mol. The van der Waals surface area contributed by atoms with Gasteiger partial charge in [-0.1, -0.05) is 25.3 Å². The molecule has 2 heterocycles. The number of nitrogens with zero attached hydrogens (tertiary/aromatic N) is 1. The van der Waals surface area contributed by atoms with E-state index in [1.807, 2.05) is 16.3 Å². The van der Waals surface area contributed by atoms with Crippen LogP contribution in [0.15, 0.2) is 17.5 Å². The quantitative estimate of drug-likeness (QED) is 0.840. The summed E-state index contributed by atoms with van der Waals surface area (Å²) < 4.78 is 0. The fourth-order valence-electron chi connectivity index (χ4n) is 4.48. The van der Waals surface area contributed by atoms with E-state index in [0.29, 0.717) is 25.9 Å². The Bertz CT molecular complexity index is 653. The molecule has 1 aromatic rings. The highest BCUT2D eigenvalue weighted by molar-refractivity contribution is 7.10. The van der Waals surface area contributed by atoms with Crippen molar-refractivity contribution >= 4 is 23.2 Å². The predicted octanol–water partition coefficient (Wildman–Crippen LogP) is 3.41. The average molecular weight is 380 g/mol. The molecule has 1 aromatic heterocycles. The molecule has 2 fully saturated rings. The van der Waals surface area contributed by atoms with Crippen LogP contribution in [0.1, 0.15) is 63.7 Å². The third-order valence-electron chi connectivity index (χ3n) is 6.69. The summed E-state index contributed by atoms with van der Waals surface area (Å²) in [6, 6.07) is 4.08. The van der Waals surface area contributed by atoms with Gasteiger partial charge in [0.25, 0.3) is 0 Å². The summed E-state index contributed by atoms with van der Waals surface area (Å²) in [6.45, 7) is 3.97. The molecule has 1 saturated heterocycles. The Hall–Kier alpha value is -1.40. The average Bonchev–Trinajstić information content (AvgIpc) is 3.17. The van der Waals surface area contributed by atoms with Gasteiger partial charge in [-0.15, -0.1) is 11.3 Å². The normalized spacial score (nSPS) is 22.8. The van der Waals surface area contributed by atoms with Gasteiger partial charge in [-0.2, -0.15) is 0 Å². The first kappa shape index (κ1) is 19.4. The van der Waals surface area contributed by atoms with Crippen molar-refractivity contribution in [1.29, 1.82) is 0 Å². The Morgan fingerprint density at radius 2 is 1.73 bits per heavy atom. The first-order valence-electron chi connectivity index (χ1n) is 9.52. The summed E-state index contributed by atoms with van der Waals surface area (Å²) in [7, 11) is 0. The second-order valence-corrected chi connectivity index (χ2v) is 9.32. The highest BCUT2D eigenvalue weighted by atomic mass is 32.1. The van der Waals surface area contributed by atoms with Crippen molar-refractivity contribution in [2.75, 3.05) is 13.1 Å². The van der Waals surface area contributed by atoms with Crippen molar-refractivity contribution in [2.45, 2.75) is 69.8 Å². The van der Waals surface area contributed by atoms with Gasteiger partial charge in [0, 0.05) is 18.0 Å². The smallest absolute Gasteiger partial charge is 0.312 e. The van der Waals surface area contributed by atoms with Crippen LogP contribution in [0.3, 0.4) is 0 Å². The van der Waals surface area contributed by atoms with Crippen LogP contribution < -0.4 is 0 Å². The number of carbonyl (C=O) groups is 2. The highest BCUT2D eigenvalue weighted by Gasteiger charge is 2.52. The van der Waals surface area contributed by atoms with Gasteiger partial charge in [0.15, 0.2) is 0 Å². The lowest BCUT2D eigenvalue weighted by molar-refractivity contribution is -0.173. The molecule has 2 aliphatic rings. The molecule has 0 aromatic carbocycles. The summed E-state index contributed by atoms with van der Waals surface area (Å²) in [4.78, 5) is 28.1. The SMILES string of the molecule is CC(C)(C(=O)O)C1(O)CCN(C(=O)C2(c3cccs3)CCCCC2)CC1. The molecule has 6 heteroatoms. The van der Waals surface area contributed by atoms with Crippen molar-refractivity contribution in [3.63, 3.8) is 0 Å². The number of carboxylic acid groups (broad SMARTS) is 1. The minimum absolute atomic E-state index is 0.162. The maximum Gasteiger partial charge on any atom is 0.312 e. The molecular weight excluding hydrogens is 350 g/mol. The molecule has 0 bridgehead atoms. The van der Waals surface area contributed by atoms with E-state index in [-0.39, 0.29) is 5.91 Å². The molecule has 0 spiro atoms. The molecule has 144 valence electrons. The van der Waals surface area contributed by atoms with Crippen molar-refractivity contribution in [3.8, 4) is 0 Å². The second-order valence-electron chi connectivity index (χ2n) is 8.37. The Kier molecular flexibility index (Phi) is 5.19. The van der Waals surface area contributed by atoms with E-state index >= 15 is 0 Å². The van der Waals surface area contributed by atoms with Crippen molar-refractivity contribution < 1.29 is 19.8 Å². The third-order valence-corrected chi connectivity index (χ3v) is 7.76. The third kappa shape index (κ3) is 3.07. The zero-order valence-electron chi connectivity index (χ0n) is 15.7. The molecule has 1 saturated carbocycles. The van der Waals surface area contributed by atoms with Gasteiger partial charge in [-0.3, -0.25) is 9.59 Å². The Labute approximate surface area is 159 Å². The Morgan fingerprint density at radius 3 is 2.23 bits per heavy atom. The summed E-state index contributed by atoms with van der Waals surface area (Å²) in [6.07, 6.45) is 5.67. The summed E-state index contributed by atoms with van der Waals surface area (Å²) in [5, 5.41) is 22.4. The van der Waals surface area contributed by atoms with E-state index in [1.165, 1.54) is 6.42 Å². The van der Waals surface area contributed by atoms with Gasteiger partial charge in [0.2, 0.25) is 5.91 Å². The molecule has 2 N–H and O–H groups in total. The van der Waals surface area contributed by atoms with E-state index in [9.17, 15) is 19.8 Å². The zero-order chi connectivity index (χ0) is 19.0. The van der Waals surface area contributed by atoms with Gasteiger partial charge in [-0.05, 0) is 51.0 Å². The Morgan fingerprint density at radius 1 is 1.12 bits per heavy atom. The summed E-state index contributed by atoms with van der Waals surface area (Å²) in [5.74, 6) is -0.836. The van der Waals surface area contributed by atoms with Crippen LogP contribution in [-0.4, -0.2) is 45.7 Å². The van der Waals surface area contributed by atoms with Gasteiger partial charge in [0.05, 0.1) is 16.4 Å². The summed E-state index contributed by atoms with van der Waals surface area (Å²) in [5.41, 5.74) is -2.93. The fourth-order valence-corrected chi connectivity index (χ4v) is 5.46. The standard InChI is InChI=1S/C20H29NO4S/c1-18(2,17(23)24)20(25)10-12-21(13-11-20)16(22)19(8-4-3-5-9-19)15-7-6-14-26-15/h6-7,14,25H,3-5,8-13H2,1-2H3,(H,23,24). The molecule has 1 aliphatic carbocycles. The molecule has 3 rings (SSSR count). The number of carboxylic acids is 1. The number of likely N-dealkylation sites (tertiary alicyclic amines) is 1. The van der Waals surface area contributed by atoms with Gasteiger partial charge in [0.1, 0.15) is 0 Å². The van der Waals surface area contributed by atoms with Gasteiger partial charge < -0.3 is 15.1 Å². The topological polar surface area (TPSA) is 77.8 Å². The van der Waals surface area contributed by atoms with Crippen LogP contribution in [0.4, 0.5) is 0 Å². The van der Waals surface area contributed by atoms with E-state index in [4.69, 9.17) is 0 Å². The van der Waals surface area contributed by atoms with Crippen LogP contribution >= 0.6 is 11.3 Å². The van der Waals surface area contributed by atoms with Crippen LogP contribution in [0.25, 0.3) is 0 Å². The minimum Gasteiger partial charge on any atom is -0.481 e. The summed E-state index contributed by atoms with van der Waals surface area (Å²) >= 11 is 1.65. The van der Waals surface area contributed by atoms with E-state index in [2.05, 4.69) is 6.07 Å². The molecular formula is C20H29NO4S. The maximum atomic E-state index is 13.5. The molecule has 0 unspecified atom stereocenters. The lowest BCUT2D eigenvalue weighted by Crippen LogP contribution is -2.59. The fraction of sp³-hybridized carbons (Fsp3) is 0.700. The number of rotatable bonds is 4.